The quantitative estimate of drug-likeness (QED) is 0.796. The fraction of sp³-hybridized carbons (Fsp3) is 0.812. The van der Waals surface area contributed by atoms with E-state index in [1.54, 1.807) is 0 Å². The van der Waals surface area contributed by atoms with Crippen molar-refractivity contribution in [3.05, 3.63) is 5.01 Å². The van der Waals surface area contributed by atoms with Crippen molar-refractivity contribution in [3.63, 3.8) is 0 Å². The van der Waals surface area contributed by atoms with Gasteiger partial charge in [-0.25, -0.2) is 0 Å². The zero-order valence-corrected chi connectivity index (χ0v) is 15.5. The number of aromatic nitrogens is 2. The number of carbonyl (C=O) groups excluding carboxylic acids is 1. The Labute approximate surface area is 142 Å². The molecule has 1 saturated carbocycles. The van der Waals surface area contributed by atoms with E-state index in [2.05, 4.69) is 29.4 Å². The highest BCUT2D eigenvalue weighted by Crippen LogP contribution is 2.50. The lowest BCUT2D eigenvalue weighted by molar-refractivity contribution is -0.166. The second-order valence-corrected chi connectivity index (χ2v) is 7.76. The van der Waals surface area contributed by atoms with Crippen LogP contribution in [0.25, 0.3) is 0 Å². The molecule has 0 bridgehead atoms. The minimum Gasteiger partial charge on any atom is -0.378 e. The Balaban J connectivity index is 2.05. The van der Waals surface area contributed by atoms with E-state index in [-0.39, 0.29) is 12.0 Å². The fourth-order valence-electron chi connectivity index (χ4n) is 3.12. The van der Waals surface area contributed by atoms with E-state index < -0.39 is 11.0 Å². The Morgan fingerprint density at radius 1 is 1.39 bits per heavy atom. The molecule has 2 unspecified atom stereocenters. The molecule has 1 fully saturated rings. The topological polar surface area (TPSA) is 90.1 Å². The van der Waals surface area contributed by atoms with E-state index in [1.807, 2.05) is 20.8 Å². The number of hydrogen-bond donors (Lipinski definition) is 2. The molecule has 1 amide bonds. The molecule has 2 atom stereocenters. The molecule has 1 aromatic rings. The van der Waals surface area contributed by atoms with Gasteiger partial charge in [0.2, 0.25) is 11.0 Å². The highest BCUT2D eigenvalue weighted by Gasteiger charge is 2.63. The summed E-state index contributed by atoms with van der Waals surface area (Å²) in [6.45, 7) is 10.8. The summed E-state index contributed by atoms with van der Waals surface area (Å²) in [5, 5.41) is 12.6. The van der Waals surface area contributed by atoms with Crippen molar-refractivity contribution in [1.29, 1.82) is 0 Å². The summed E-state index contributed by atoms with van der Waals surface area (Å²) in [4.78, 5) is 12.6. The zero-order chi connectivity index (χ0) is 17.3. The van der Waals surface area contributed by atoms with Crippen LogP contribution >= 0.6 is 11.3 Å². The lowest BCUT2D eigenvalue weighted by atomic mass is 9.54. The number of carbonyl (C=O) groups is 1. The van der Waals surface area contributed by atoms with E-state index >= 15 is 0 Å². The smallest absolute Gasteiger partial charge is 0.247 e. The van der Waals surface area contributed by atoms with Gasteiger partial charge in [-0.2, -0.15) is 0 Å². The first-order chi connectivity index (χ1) is 10.8. The molecular weight excluding hydrogens is 312 g/mol. The van der Waals surface area contributed by atoms with Crippen LogP contribution in [0.15, 0.2) is 0 Å². The van der Waals surface area contributed by atoms with Gasteiger partial charge in [0.25, 0.3) is 0 Å². The maximum atomic E-state index is 12.6. The van der Waals surface area contributed by atoms with Crippen LogP contribution in [0.1, 0.15) is 64.8 Å². The van der Waals surface area contributed by atoms with Gasteiger partial charge in [0, 0.05) is 24.4 Å². The first-order valence-corrected chi connectivity index (χ1v) is 9.17. The van der Waals surface area contributed by atoms with Gasteiger partial charge >= 0.3 is 0 Å². The number of amides is 1. The molecule has 1 aliphatic rings. The summed E-state index contributed by atoms with van der Waals surface area (Å²) >= 11 is 1.44. The summed E-state index contributed by atoms with van der Waals surface area (Å²) in [7, 11) is 0. The number of ether oxygens (including phenoxy) is 1. The summed E-state index contributed by atoms with van der Waals surface area (Å²) < 4.78 is 5.67. The summed E-state index contributed by atoms with van der Waals surface area (Å²) in [6, 6.07) is 0. The molecule has 2 rings (SSSR count). The van der Waals surface area contributed by atoms with Crippen LogP contribution in [0.4, 0.5) is 5.13 Å². The van der Waals surface area contributed by atoms with Crippen LogP contribution in [-0.2, 0) is 9.53 Å². The molecular formula is C16H28N4O2S. The van der Waals surface area contributed by atoms with Crippen LogP contribution in [0.3, 0.4) is 0 Å². The highest BCUT2D eigenvalue weighted by molar-refractivity contribution is 7.15. The van der Waals surface area contributed by atoms with Crippen LogP contribution in [-0.4, -0.2) is 34.4 Å². The van der Waals surface area contributed by atoms with Gasteiger partial charge in [-0.1, -0.05) is 39.0 Å². The standard InChI is InChI=1S/C16H28N4O2S/c1-6-10(7-2)12-19-20-14(23-12)18-13(21)16(17)9-11(22-8-3)15(16,4)5/h10-11H,6-9,17H2,1-5H3,(H,18,20,21). The molecule has 0 spiro atoms. The number of anilines is 1. The maximum Gasteiger partial charge on any atom is 0.247 e. The van der Waals surface area contributed by atoms with Crippen molar-refractivity contribution in [3.8, 4) is 0 Å². The van der Waals surface area contributed by atoms with Crippen molar-refractivity contribution in [2.24, 2.45) is 11.1 Å². The van der Waals surface area contributed by atoms with Crippen molar-refractivity contribution < 1.29 is 9.53 Å². The number of nitrogens with one attached hydrogen (secondary N) is 1. The predicted molar refractivity (Wildman–Crippen MR) is 92.6 cm³/mol. The first-order valence-electron chi connectivity index (χ1n) is 8.35. The van der Waals surface area contributed by atoms with Gasteiger partial charge in [0.1, 0.15) is 10.5 Å². The highest BCUT2D eigenvalue weighted by atomic mass is 32.1. The third kappa shape index (κ3) is 3.14. The molecule has 0 aromatic carbocycles. The molecule has 1 aromatic heterocycles. The molecule has 3 N–H and O–H groups in total. The molecule has 0 aliphatic heterocycles. The van der Waals surface area contributed by atoms with Gasteiger partial charge in [0.05, 0.1) is 6.10 Å². The van der Waals surface area contributed by atoms with Crippen LogP contribution in [0, 0.1) is 5.41 Å². The zero-order valence-electron chi connectivity index (χ0n) is 14.7. The Hall–Kier alpha value is -1.05. The van der Waals surface area contributed by atoms with E-state index in [0.29, 0.717) is 24.1 Å². The minimum absolute atomic E-state index is 0.0118. The van der Waals surface area contributed by atoms with Gasteiger partial charge < -0.3 is 10.5 Å². The minimum atomic E-state index is -0.937. The summed E-state index contributed by atoms with van der Waals surface area (Å²) in [5.41, 5.74) is 5.03. The molecule has 1 heterocycles. The van der Waals surface area contributed by atoms with Crippen molar-refractivity contribution in [1.82, 2.24) is 10.2 Å². The molecule has 1 aliphatic carbocycles. The molecule has 0 saturated heterocycles. The lowest BCUT2D eigenvalue weighted by Crippen LogP contribution is -2.74. The van der Waals surface area contributed by atoms with Gasteiger partial charge in [-0.3, -0.25) is 10.1 Å². The van der Waals surface area contributed by atoms with Crippen molar-refractivity contribution >= 4 is 22.4 Å². The Morgan fingerprint density at radius 3 is 2.57 bits per heavy atom. The van der Waals surface area contributed by atoms with E-state index in [1.165, 1.54) is 11.3 Å². The number of nitrogens with zero attached hydrogens (tertiary/aromatic N) is 2. The molecule has 6 nitrogen and oxygen atoms in total. The predicted octanol–water partition coefficient (Wildman–Crippen LogP) is 2.91. The van der Waals surface area contributed by atoms with Gasteiger partial charge in [0.15, 0.2) is 0 Å². The second kappa shape index (κ2) is 6.83. The van der Waals surface area contributed by atoms with Gasteiger partial charge in [-0.05, 0) is 19.8 Å². The molecule has 130 valence electrons. The van der Waals surface area contributed by atoms with Crippen molar-refractivity contribution in [2.45, 2.75) is 71.4 Å². The average Bonchev–Trinajstić information content (AvgIpc) is 2.96. The van der Waals surface area contributed by atoms with Crippen LogP contribution < -0.4 is 11.1 Å². The molecule has 23 heavy (non-hydrogen) atoms. The number of rotatable bonds is 7. The second-order valence-electron chi connectivity index (χ2n) is 6.75. The SMILES string of the molecule is CCOC1CC(N)(C(=O)Nc2nnc(C(CC)CC)s2)C1(C)C. The van der Waals surface area contributed by atoms with E-state index in [4.69, 9.17) is 10.5 Å². The number of nitrogens with two attached hydrogens (primary N) is 1. The van der Waals surface area contributed by atoms with Crippen molar-refractivity contribution in [2.75, 3.05) is 11.9 Å². The normalized spacial score (nSPS) is 26.1. The first kappa shape index (κ1) is 18.3. The third-order valence-electron chi connectivity index (χ3n) is 5.23. The fourth-order valence-corrected chi connectivity index (χ4v) is 4.12. The Bertz CT molecular complexity index is 556. The van der Waals surface area contributed by atoms with Crippen LogP contribution in [0.2, 0.25) is 0 Å². The third-order valence-corrected chi connectivity index (χ3v) is 6.23. The maximum absolute atomic E-state index is 12.6. The monoisotopic (exact) mass is 340 g/mol. The summed E-state index contributed by atoms with van der Waals surface area (Å²) in [6.07, 6.45) is 2.57. The van der Waals surface area contributed by atoms with Crippen LogP contribution in [0.5, 0.6) is 0 Å². The Kier molecular flexibility index (Phi) is 5.43. The summed E-state index contributed by atoms with van der Waals surface area (Å²) in [5.74, 6) is 0.193. The Morgan fingerprint density at radius 2 is 2.04 bits per heavy atom. The average molecular weight is 340 g/mol. The molecule has 7 heteroatoms. The molecule has 0 radical (unpaired) electrons. The number of hydrogen-bond acceptors (Lipinski definition) is 6. The largest absolute Gasteiger partial charge is 0.378 e. The van der Waals surface area contributed by atoms with E-state index in [9.17, 15) is 4.79 Å². The van der Waals surface area contributed by atoms with E-state index in [0.717, 1.165) is 17.8 Å². The van der Waals surface area contributed by atoms with Gasteiger partial charge in [-0.15, -0.1) is 10.2 Å². The lowest BCUT2D eigenvalue weighted by Gasteiger charge is -2.57.